The number of hydrogen-bond acceptors (Lipinski definition) is 5. The van der Waals surface area contributed by atoms with Crippen LogP contribution in [0, 0.1) is 5.82 Å². The van der Waals surface area contributed by atoms with Gasteiger partial charge in [0.1, 0.15) is 24.7 Å². The van der Waals surface area contributed by atoms with E-state index in [1.807, 2.05) is 5.32 Å². The largest absolute Gasteiger partial charge is 0.488 e. The Hall–Kier alpha value is -3.64. The van der Waals surface area contributed by atoms with Gasteiger partial charge < -0.3 is 20.1 Å². The summed E-state index contributed by atoms with van der Waals surface area (Å²) >= 11 is 6.14. The van der Waals surface area contributed by atoms with Gasteiger partial charge in [-0.2, -0.15) is 18.3 Å². The summed E-state index contributed by atoms with van der Waals surface area (Å²) in [6.07, 6.45) is -4.99. The molecule has 2 amide bonds. The average Bonchev–Trinajstić information content (AvgIpc) is 3.19. The van der Waals surface area contributed by atoms with Crippen molar-refractivity contribution in [3.8, 4) is 17.0 Å². The molecule has 0 saturated heterocycles. The first-order valence-electron chi connectivity index (χ1n) is 11.4. The van der Waals surface area contributed by atoms with Crippen molar-refractivity contribution >= 4 is 23.4 Å². The van der Waals surface area contributed by atoms with Crippen LogP contribution < -0.4 is 10.1 Å². The fourth-order valence-corrected chi connectivity index (χ4v) is 4.13. The van der Waals surface area contributed by atoms with Gasteiger partial charge in [0.2, 0.25) is 5.91 Å². The fourth-order valence-electron chi connectivity index (χ4n) is 3.96. The van der Waals surface area contributed by atoms with Crippen LogP contribution in [-0.2, 0) is 25.0 Å². The van der Waals surface area contributed by atoms with Gasteiger partial charge in [-0.1, -0.05) is 29.8 Å². The SMILES string of the molecule is Cn1nc(C(=O)N(CC(=O)NCC(C)(O)C(F)(F)F)Cc2ccccc2F)c2c1-c1cc(Cl)ccc1OC2. The van der Waals surface area contributed by atoms with Crippen LogP contribution in [0.25, 0.3) is 11.3 Å². The highest BCUT2D eigenvalue weighted by atomic mass is 35.5. The predicted octanol–water partition coefficient (Wildman–Crippen LogP) is 3.84. The molecule has 8 nitrogen and oxygen atoms in total. The van der Waals surface area contributed by atoms with E-state index in [4.69, 9.17) is 16.3 Å². The zero-order chi connectivity index (χ0) is 27.8. The minimum absolute atomic E-state index is 0.0208. The third-order valence-electron chi connectivity index (χ3n) is 6.10. The molecule has 2 N–H and O–H groups in total. The second-order valence-electron chi connectivity index (χ2n) is 9.03. The Kier molecular flexibility index (Phi) is 7.39. The van der Waals surface area contributed by atoms with E-state index in [9.17, 15) is 32.3 Å². The maximum atomic E-state index is 14.4. The third-order valence-corrected chi connectivity index (χ3v) is 6.33. The molecule has 1 unspecified atom stereocenters. The lowest BCUT2D eigenvalue weighted by Crippen LogP contribution is -2.52. The maximum Gasteiger partial charge on any atom is 0.418 e. The van der Waals surface area contributed by atoms with E-state index in [0.717, 1.165) is 4.90 Å². The Morgan fingerprint density at radius 2 is 1.95 bits per heavy atom. The van der Waals surface area contributed by atoms with Crippen LogP contribution in [0.4, 0.5) is 17.6 Å². The minimum Gasteiger partial charge on any atom is -0.488 e. The van der Waals surface area contributed by atoms with Crippen molar-refractivity contribution in [2.75, 3.05) is 13.1 Å². The second-order valence-corrected chi connectivity index (χ2v) is 9.47. The number of nitrogens with zero attached hydrogens (tertiary/aromatic N) is 3. The molecule has 1 aromatic heterocycles. The van der Waals surface area contributed by atoms with Crippen LogP contribution in [-0.4, -0.2) is 56.5 Å². The summed E-state index contributed by atoms with van der Waals surface area (Å²) in [6.45, 7) is -1.74. The fraction of sp³-hybridized carbons (Fsp3) is 0.320. The predicted molar refractivity (Wildman–Crippen MR) is 129 cm³/mol. The highest BCUT2D eigenvalue weighted by Gasteiger charge is 2.50. The number of carbonyl (C=O) groups is 2. The number of halogens is 5. The molecular weight excluding hydrogens is 532 g/mol. The first-order valence-corrected chi connectivity index (χ1v) is 11.7. The minimum atomic E-state index is -4.99. The number of carbonyl (C=O) groups excluding carboxylic acids is 2. The molecule has 0 radical (unpaired) electrons. The number of alkyl halides is 3. The van der Waals surface area contributed by atoms with E-state index in [-0.39, 0.29) is 24.4 Å². The molecule has 0 saturated carbocycles. The lowest BCUT2D eigenvalue weighted by molar-refractivity contribution is -0.250. The summed E-state index contributed by atoms with van der Waals surface area (Å²) in [4.78, 5) is 27.2. The molecule has 0 aliphatic carbocycles. The van der Waals surface area contributed by atoms with E-state index >= 15 is 0 Å². The monoisotopic (exact) mass is 554 g/mol. The first kappa shape index (κ1) is 27.4. The number of nitrogens with one attached hydrogen (secondary N) is 1. The van der Waals surface area contributed by atoms with E-state index in [1.54, 1.807) is 31.3 Å². The molecule has 2 heterocycles. The number of ether oxygens (including phenoxy) is 1. The molecule has 1 atom stereocenters. The molecular formula is C25H23ClF4N4O4. The standard InChI is InChI=1S/C25H23ClF4N4O4/c1-24(37,25(28,29)30)13-31-20(35)11-34(10-14-5-3-4-6-18(14)27)23(36)21-17-12-38-19-8-7-15(26)9-16(19)22(17)33(2)32-21/h3-9,37H,10-13H2,1-2H3,(H,31,35). The Morgan fingerprint density at radius 3 is 2.63 bits per heavy atom. The second kappa shape index (κ2) is 10.3. The van der Waals surface area contributed by atoms with E-state index in [2.05, 4.69) is 5.10 Å². The molecule has 1 aliphatic heterocycles. The lowest BCUT2D eigenvalue weighted by atomic mass is 10.0. The third kappa shape index (κ3) is 5.46. The number of aliphatic hydroxyl groups is 1. The Morgan fingerprint density at radius 1 is 1.24 bits per heavy atom. The van der Waals surface area contributed by atoms with Gasteiger partial charge in [0, 0.05) is 35.3 Å². The molecule has 0 bridgehead atoms. The summed E-state index contributed by atoms with van der Waals surface area (Å²) < 4.78 is 60.6. The maximum absolute atomic E-state index is 14.4. The van der Waals surface area contributed by atoms with Crippen LogP contribution in [0.2, 0.25) is 5.02 Å². The number of rotatable bonds is 7. The van der Waals surface area contributed by atoms with Crippen molar-refractivity contribution in [2.24, 2.45) is 7.05 Å². The summed E-state index contributed by atoms with van der Waals surface area (Å²) in [7, 11) is 1.61. The van der Waals surface area contributed by atoms with E-state index < -0.39 is 42.5 Å². The Bertz CT molecular complexity index is 1390. The number of aromatic nitrogens is 2. The molecule has 3 aromatic rings. The quantitative estimate of drug-likeness (QED) is 0.433. The molecule has 0 fully saturated rings. The molecule has 2 aromatic carbocycles. The van der Waals surface area contributed by atoms with Gasteiger partial charge >= 0.3 is 6.18 Å². The number of hydrogen-bond donors (Lipinski definition) is 2. The highest BCUT2D eigenvalue weighted by Crippen LogP contribution is 2.40. The molecule has 38 heavy (non-hydrogen) atoms. The van der Waals surface area contributed by atoms with Crippen LogP contribution in [0.1, 0.15) is 28.5 Å². The molecule has 0 spiro atoms. The van der Waals surface area contributed by atoms with Crippen molar-refractivity contribution < 1.29 is 37.0 Å². The zero-order valence-corrected chi connectivity index (χ0v) is 21.0. The number of aryl methyl sites for hydroxylation is 1. The van der Waals surface area contributed by atoms with E-state index in [1.165, 1.54) is 22.9 Å². The van der Waals surface area contributed by atoms with Crippen LogP contribution in [0.5, 0.6) is 5.75 Å². The van der Waals surface area contributed by atoms with Gasteiger partial charge in [-0.05, 0) is 31.2 Å². The van der Waals surface area contributed by atoms with Gasteiger partial charge in [0.15, 0.2) is 11.3 Å². The van der Waals surface area contributed by atoms with Crippen molar-refractivity contribution in [2.45, 2.75) is 31.9 Å². The Labute approximate surface area is 219 Å². The van der Waals surface area contributed by atoms with Crippen molar-refractivity contribution in [3.63, 3.8) is 0 Å². The summed E-state index contributed by atoms with van der Waals surface area (Å²) in [5.41, 5.74) is -1.61. The Balaban J connectivity index is 1.65. The van der Waals surface area contributed by atoms with Crippen LogP contribution in [0.3, 0.4) is 0 Å². The number of fused-ring (bicyclic) bond motifs is 3. The summed E-state index contributed by atoms with van der Waals surface area (Å²) in [5.74, 6) is -1.86. The molecule has 1 aliphatic rings. The molecule has 13 heteroatoms. The average molecular weight is 555 g/mol. The van der Waals surface area contributed by atoms with Crippen molar-refractivity contribution in [1.82, 2.24) is 20.0 Å². The van der Waals surface area contributed by atoms with Gasteiger partial charge in [0.05, 0.1) is 12.2 Å². The molecule has 4 rings (SSSR count). The molecule has 202 valence electrons. The van der Waals surface area contributed by atoms with Crippen LogP contribution >= 0.6 is 11.6 Å². The van der Waals surface area contributed by atoms with E-state index in [0.29, 0.717) is 34.5 Å². The summed E-state index contributed by atoms with van der Waals surface area (Å²) in [6, 6.07) is 10.6. The highest BCUT2D eigenvalue weighted by molar-refractivity contribution is 6.31. The normalized spacial score (nSPS) is 14.1. The number of benzene rings is 2. The lowest BCUT2D eigenvalue weighted by Gasteiger charge is -2.27. The summed E-state index contributed by atoms with van der Waals surface area (Å²) in [5, 5.41) is 16.4. The zero-order valence-electron chi connectivity index (χ0n) is 20.3. The first-order chi connectivity index (χ1) is 17.8. The van der Waals surface area contributed by atoms with Gasteiger partial charge in [0.25, 0.3) is 5.91 Å². The van der Waals surface area contributed by atoms with Gasteiger partial charge in [-0.3, -0.25) is 14.3 Å². The van der Waals surface area contributed by atoms with Gasteiger partial charge in [-0.25, -0.2) is 4.39 Å². The van der Waals surface area contributed by atoms with Crippen molar-refractivity contribution in [1.29, 1.82) is 0 Å². The smallest absolute Gasteiger partial charge is 0.418 e. The number of amides is 2. The topological polar surface area (TPSA) is 96.7 Å². The van der Waals surface area contributed by atoms with Crippen LogP contribution in [0.15, 0.2) is 42.5 Å². The van der Waals surface area contributed by atoms with Crippen molar-refractivity contribution in [3.05, 3.63) is 70.1 Å². The van der Waals surface area contributed by atoms with Gasteiger partial charge in [-0.15, -0.1) is 0 Å².